The number of hydrogen-bond acceptors (Lipinski definition) is 1. The molecule has 0 aliphatic heterocycles. The molecule has 2 N–H and O–H groups in total. The fourth-order valence-electron chi connectivity index (χ4n) is 3.31. The number of halogens is 1. The van der Waals surface area contributed by atoms with Crippen LogP contribution in [0.2, 0.25) is 0 Å². The van der Waals surface area contributed by atoms with E-state index in [1.807, 2.05) is 12.1 Å². The van der Waals surface area contributed by atoms with Gasteiger partial charge in [-0.05, 0) is 74.5 Å². The fourth-order valence-corrected chi connectivity index (χ4v) is 3.31. The van der Waals surface area contributed by atoms with Crippen molar-refractivity contribution in [3.05, 3.63) is 47.3 Å². The molecule has 0 saturated heterocycles. The Hall–Kier alpha value is -1.15. The van der Waals surface area contributed by atoms with E-state index in [1.165, 1.54) is 18.4 Å². The lowest BCUT2D eigenvalue weighted by Crippen LogP contribution is -2.19. The number of allylic oxidation sites excluding steroid dienone is 1. The summed E-state index contributed by atoms with van der Waals surface area (Å²) >= 11 is 0. The molecule has 2 heteroatoms. The van der Waals surface area contributed by atoms with Gasteiger partial charge in [0.05, 0.1) is 0 Å². The normalized spacial score (nSPS) is 25.2. The summed E-state index contributed by atoms with van der Waals surface area (Å²) in [7, 11) is 0. The minimum absolute atomic E-state index is 0.106. The number of benzene rings is 1. The number of nitrogens with two attached hydrogens (primary N) is 1. The van der Waals surface area contributed by atoms with E-state index in [1.54, 1.807) is 13.0 Å². The molecule has 1 aliphatic rings. The van der Waals surface area contributed by atoms with Crippen molar-refractivity contribution in [2.24, 2.45) is 11.1 Å². The molecule has 1 aromatic carbocycles. The average molecular weight is 289 g/mol. The maximum Gasteiger partial charge on any atom is 0.126 e. The summed E-state index contributed by atoms with van der Waals surface area (Å²) in [6.07, 6.45) is 7.62. The van der Waals surface area contributed by atoms with Crippen LogP contribution in [0, 0.1) is 18.2 Å². The molecule has 2 atom stereocenters. The zero-order valence-electron chi connectivity index (χ0n) is 13.4. The Kier molecular flexibility index (Phi) is 5.21. The molecule has 0 amide bonds. The Balaban J connectivity index is 1.76. The molecule has 2 unspecified atom stereocenters. The predicted octanol–water partition coefficient (Wildman–Crippen LogP) is 4.92. The number of aryl methyl sites for hydroxylation is 2. The first-order valence-electron chi connectivity index (χ1n) is 8.05. The van der Waals surface area contributed by atoms with Crippen molar-refractivity contribution in [2.75, 3.05) is 0 Å². The van der Waals surface area contributed by atoms with Gasteiger partial charge in [0, 0.05) is 6.04 Å². The zero-order valence-corrected chi connectivity index (χ0v) is 13.4. The van der Waals surface area contributed by atoms with Crippen molar-refractivity contribution < 1.29 is 4.39 Å². The van der Waals surface area contributed by atoms with Crippen molar-refractivity contribution in [1.82, 2.24) is 0 Å². The molecule has 21 heavy (non-hydrogen) atoms. The highest BCUT2D eigenvalue weighted by atomic mass is 19.1. The van der Waals surface area contributed by atoms with Gasteiger partial charge in [-0.25, -0.2) is 4.39 Å². The summed E-state index contributed by atoms with van der Waals surface area (Å²) < 4.78 is 13.5. The fraction of sp³-hybridized carbons (Fsp3) is 0.579. The molecular weight excluding hydrogens is 261 g/mol. The second kappa shape index (κ2) is 6.74. The standard InChI is InChI=1S/C19H28FN/c1-14(8-10-19(3)11-9-17(21)13-19)4-6-16-7-5-15(2)18(20)12-16/h5,7,12,17H,1,4,6,8-11,13,21H2,2-3H3. The zero-order chi connectivity index (χ0) is 15.5. The highest BCUT2D eigenvalue weighted by Crippen LogP contribution is 2.41. The SMILES string of the molecule is C=C(CCc1ccc(C)c(F)c1)CCC1(C)CCC(N)C1. The minimum Gasteiger partial charge on any atom is -0.328 e. The van der Waals surface area contributed by atoms with Crippen LogP contribution >= 0.6 is 0 Å². The molecule has 0 radical (unpaired) electrons. The topological polar surface area (TPSA) is 26.0 Å². The van der Waals surface area contributed by atoms with E-state index < -0.39 is 0 Å². The lowest BCUT2D eigenvalue weighted by molar-refractivity contribution is 0.303. The van der Waals surface area contributed by atoms with Gasteiger partial charge in [-0.3, -0.25) is 0 Å². The molecule has 116 valence electrons. The first-order chi connectivity index (χ1) is 9.88. The van der Waals surface area contributed by atoms with Gasteiger partial charge in [0.25, 0.3) is 0 Å². The van der Waals surface area contributed by atoms with E-state index in [4.69, 9.17) is 5.73 Å². The van der Waals surface area contributed by atoms with Gasteiger partial charge >= 0.3 is 0 Å². The smallest absolute Gasteiger partial charge is 0.126 e. The monoisotopic (exact) mass is 289 g/mol. The molecule has 1 aromatic rings. The van der Waals surface area contributed by atoms with Gasteiger partial charge < -0.3 is 5.73 Å². The van der Waals surface area contributed by atoms with E-state index in [0.717, 1.165) is 37.7 Å². The third-order valence-electron chi connectivity index (χ3n) is 4.96. The summed E-state index contributed by atoms with van der Waals surface area (Å²) in [5.74, 6) is -0.106. The van der Waals surface area contributed by atoms with E-state index in [0.29, 0.717) is 17.0 Å². The van der Waals surface area contributed by atoms with Gasteiger partial charge in [-0.2, -0.15) is 0 Å². The quantitative estimate of drug-likeness (QED) is 0.739. The number of hydrogen-bond donors (Lipinski definition) is 1. The van der Waals surface area contributed by atoms with Crippen LogP contribution in [-0.4, -0.2) is 6.04 Å². The summed E-state index contributed by atoms with van der Waals surface area (Å²) in [5.41, 5.74) is 9.47. The Morgan fingerprint density at radius 3 is 2.81 bits per heavy atom. The van der Waals surface area contributed by atoms with Crippen molar-refractivity contribution >= 4 is 0 Å². The molecule has 0 spiro atoms. The molecule has 1 saturated carbocycles. The largest absolute Gasteiger partial charge is 0.328 e. The predicted molar refractivity (Wildman–Crippen MR) is 87.8 cm³/mol. The van der Waals surface area contributed by atoms with Crippen LogP contribution in [0.4, 0.5) is 4.39 Å². The van der Waals surface area contributed by atoms with Gasteiger partial charge in [0.2, 0.25) is 0 Å². The maximum absolute atomic E-state index is 13.5. The van der Waals surface area contributed by atoms with Gasteiger partial charge in [-0.1, -0.05) is 31.2 Å². The van der Waals surface area contributed by atoms with Crippen LogP contribution in [-0.2, 0) is 6.42 Å². The highest BCUT2D eigenvalue weighted by molar-refractivity contribution is 5.24. The van der Waals surface area contributed by atoms with Crippen LogP contribution < -0.4 is 5.73 Å². The third-order valence-corrected chi connectivity index (χ3v) is 4.96. The molecule has 1 fully saturated rings. The molecule has 0 bridgehead atoms. The van der Waals surface area contributed by atoms with Crippen LogP contribution in [0.1, 0.15) is 56.6 Å². The van der Waals surface area contributed by atoms with Crippen LogP contribution in [0.25, 0.3) is 0 Å². The van der Waals surface area contributed by atoms with Gasteiger partial charge in [0.15, 0.2) is 0 Å². The first-order valence-corrected chi connectivity index (χ1v) is 8.05. The highest BCUT2D eigenvalue weighted by Gasteiger charge is 2.32. The van der Waals surface area contributed by atoms with Crippen molar-refractivity contribution in [3.63, 3.8) is 0 Å². The maximum atomic E-state index is 13.5. The van der Waals surface area contributed by atoms with Crippen molar-refractivity contribution in [2.45, 2.75) is 64.8 Å². The summed E-state index contributed by atoms with van der Waals surface area (Å²) in [5, 5.41) is 0. The lowest BCUT2D eigenvalue weighted by atomic mass is 9.82. The Labute approximate surface area is 128 Å². The van der Waals surface area contributed by atoms with Crippen LogP contribution in [0.15, 0.2) is 30.4 Å². The summed E-state index contributed by atoms with van der Waals surface area (Å²) in [6, 6.07) is 5.91. The Bertz CT molecular complexity index is 508. The number of rotatable bonds is 6. The molecular formula is C19H28FN. The average Bonchev–Trinajstić information content (AvgIpc) is 2.78. The van der Waals surface area contributed by atoms with Crippen LogP contribution in [0.5, 0.6) is 0 Å². The van der Waals surface area contributed by atoms with Crippen molar-refractivity contribution in [3.8, 4) is 0 Å². The Morgan fingerprint density at radius 1 is 1.43 bits per heavy atom. The van der Waals surface area contributed by atoms with Crippen LogP contribution in [0.3, 0.4) is 0 Å². The first kappa shape index (κ1) is 16.2. The summed E-state index contributed by atoms with van der Waals surface area (Å²) in [4.78, 5) is 0. The second-order valence-corrected chi connectivity index (χ2v) is 7.15. The third kappa shape index (κ3) is 4.67. The molecule has 2 rings (SSSR count). The molecule has 0 heterocycles. The molecule has 1 aliphatic carbocycles. The second-order valence-electron chi connectivity index (χ2n) is 7.15. The van der Waals surface area contributed by atoms with E-state index in [-0.39, 0.29) is 5.82 Å². The lowest BCUT2D eigenvalue weighted by Gasteiger charge is -2.24. The van der Waals surface area contributed by atoms with Crippen molar-refractivity contribution in [1.29, 1.82) is 0 Å². The van der Waals surface area contributed by atoms with E-state index in [2.05, 4.69) is 13.5 Å². The van der Waals surface area contributed by atoms with E-state index in [9.17, 15) is 4.39 Å². The molecule has 0 aromatic heterocycles. The Morgan fingerprint density at radius 2 is 2.19 bits per heavy atom. The molecule has 1 nitrogen and oxygen atoms in total. The van der Waals surface area contributed by atoms with E-state index >= 15 is 0 Å². The van der Waals surface area contributed by atoms with Gasteiger partial charge in [-0.15, -0.1) is 0 Å². The minimum atomic E-state index is -0.106. The summed E-state index contributed by atoms with van der Waals surface area (Å²) in [6.45, 7) is 8.34. The van der Waals surface area contributed by atoms with Gasteiger partial charge in [0.1, 0.15) is 5.82 Å².